The van der Waals surface area contributed by atoms with Crippen LogP contribution in [-0.2, 0) is 6.54 Å². The summed E-state index contributed by atoms with van der Waals surface area (Å²) in [4.78, 5) is 11.0. The maximum absolute atomic E-state index is 13.9. The fourth-order valence-corrected chi connectivity index (χ4v) is 3.53. The second-order valence-corrected chi connectivity index (χ2v) is 7.30. The number of thiazole rings is 1. The van der Waals surface area contributed by atoms with Crippen molar-refractivity contribution in [3.05, 3.63) is 51.5 Å². The summed E-state index contributed by atoms with van der Waals surface area (Å²) in [5.74, 6) is -0.375. The number of aromatic nitrogens is 1. The number of guanidine groups is 1. The molecule has 0 radical (unpaired) electrons. The van der Waals surface area contributed by atoms with Crippen molar-refractivity contribution in [3.63, 3.8) is 0 Å². The van der Waals surface area contributed by atoms with Gasteiger partial charge in [-0.2, -0.15) is 0 Å². The zero-order valence-electron chi connectivity index (χ0n) is 15.0. The van der Waals surface area contributed by atoms with Gasteiger partial charge in [-0.15, -0.1) is 35.3 Å². The van der Waals surface area contributed by atoms with E-state index in [2.05, 4.69) is 15.3 Å². The van der Waals surface area contributed by atoms with Gasteiger partial charge in [0, 0.05) is 36.5 Å². The van der Waals surface area contributed by atoms with Crippen molar-refractivity contribution >= 4 is 41.3 Å². The minimum Gasteiger partial charge on any atom is -0.353 e. The molecule has 0 bridgehead atoms. The quantitative estimate of drug-likeness (QED) is 0.385. The number of benzene rings is 1. The Bertz CT molecular complexity index is 760. The molecule has 26 heavy (non-hydrogen) atoms. The van der Waals surface area contributed by atoms with Gasteiger partial charge in [-0.3, -0.25) is 4.99 Å². The highest BCUT2D eigenvalue weighted by Crippen LogP contribution is 2.43. The molecule has 0 spiro atoms. The number of hydrogen-bond acceptors (Lipinski definition) is 3. The highest BCUT2D eigenvalue weighted by atomic mass is 127. The molecule has 8 heteroatoms. The molecule has 0 amide bonds. The summed E-state index contributed by atoms with van der Waals surface area (Å²) in [6, 6.07) is 4.01. The molecule has 1 N–H and O–H groups in total. The first-order valence-corrected chi connectivity index (χ1v) is 9.24. The van der Waals surface area contributed by atoms with Crippen LogP contribution in [0.15, 0.2) is 28.6 Å². The van der Waals surface area contributed by atoms with Crippen molar-refractivity contribution in [1.82, 2.24) is 15.2 Å². The molecule has 1 aliphatic carbocycles. The lowest BCUT2D eigenvalue weighted by atomic mass is 10.1. The van der Waals surface area contributed by atoms with Crippen LogP contribution in [0, 0.1) is 18.6 Å². The maximum Gasteiger partial charge on any atom is 0.194 e. The predicted molar refractivity (Wildman–Crippen MR) is 112 cm³/mol. The minimum absolute atomic E-state index is 0. The third kappa shape index (κ3) is 4.91. The van der Waals surface area contributed by atoms with Crippen LogP contribution in [-0.4, -0.2) is 35.5 Å². The monoisotopic (exact) mass is 492 g/mol. The lowest BCUT2D eigenvalue weighted by Crippen LogP contribution is -2.40. The van der Waals surface area contributed by atoms with E-state index in [1.54, 1.807) is 11.3 Å². The van der Waals surface area contributed by atoms with E-state index in [1.165, 1.54) is 18.2 Å². The number of halogens is 3. The van der Waals surface area contributed by atoms with Crippen LogP contribution >= 0.6 is 35.3 Å². The number of aliphatic imine (C=N–C) groups is 1. The summed E-state index contributed by atoms with van der Waals surface area (Å²) in [6.45, 7) is 5.21. The Kier molecular flexibility index (Phi) is 7.33. The van der Waals surface area contributed by atoms with E-state index < -0.39 is 11.6 Å². The zero-order chi connectivity index (χ0) is 18.0. The van der Waals surface area contributed by atoms with E-state index in [1.807, 2.05) is 31.2 Å². The van der Waals surface area contributed by atoms with Crippen molar-refractivity contribution in [2.45, 2.75) is 38.8 Å². The Hall–Kier alpha value is -1.29. The molecule has 2 atom stereocenters. The Morgan fingerprint density at radius 2 is 2.08 bits per heavy atom. The molecule has 3 rings (SSSR count). The topological polar surface area (TPSA) is 40.5 Å². The molecule has 1 aromatic heterocycles. The highest BCUT2D eigenvalue weighted by molar-refractivity contribution is 14.0. The van der Waals surface area contributed by atoms with Gasteiger partial charge in [0.2, 0.25) is 0 Å². The second-order valence-electron chi connectivity index (χ2n) is 6.24. The van der Waals surface area contributed by atoms with E-state index in [0.29, 0.717) is 19.5 Å². The molecule has 0 saturated heterocycles. The number of aryl methyl sites for hydroxylation is 1. The fraction of sp³-hybridized carbons (Fsp3) is 0.444. The molecule has 2 unspecified atom stereocenters. The Balaban J connectivity index is 0.00000243. The Morgan fingerprint density at radius 1 is 1.38 bits per heavy atom. The minimum atomic E-state index is -0.477. The molecule has 2 aromatic rings. The van der Waals surface area contributed by atoms with Crippen LogP contribution in [0.5, 0.6) is 0 Å². The predicted octanol–water partition coefficient (Wildman–Crippen LogP) is 4.30. The van der Waals surface area contributed by atoms with Crippen LogP contribution in [0.2, 0.25) is 0 Å². The molecular formula is C18H23F2IN4S. The van der Waals surface area contributed by atoms with E-state index in [0.717, 1.165) is 16.7 Å². The van der Waals surface area contributed by atoms with Crippen molar-refractivity contribution in [2.24, 2.45) is 4.99 Å². The van der Waals surface area contributed by atoms with Crippen LogP contribution < -0.4 is 5.32 Å². The Morgan fingerprint density at radius 3 is 2.65 bits per heavy atom. The van der Waals surface area contributed by atoms with Crippen molar-refractivity contribution in [2.75, 3.05) is 13.6 Å². The lowest BCUT2D eigenvalue weighted by molar-refractivity contribution is 0.467. The van der Waals surface area contributed by atoms with Crippen LogP contribution in [0.1, 0.15) is 35.5 Å². The average Bonchev–Trinajstić information content (AvgIpc) is 3.18. The molecule has 1 fully saturated rings. The maximum atomic E-state index is 13.9. The summed E-state index contributed by atoms with van der Waals surface area (Å²) in [7, 11) is 1.94. The van der Waals surface area contributed by atoms with Gasteiger partial charge in [-0.1, -0.05) is 6.07 Å². The van der Waals surface area contributed by atoms with Gasteiger partial charge >= 0.3 is 0 Å². The summed E-state index contributed by atoms with van der Waals surface area (Å²) < 4.78 is 27.9. The highest BCUT2D eigenvalue weighted by Gasteiger charge is 2.42. The number of rotatable bonds is 5. The van der Waals surface area contributed by atoms with E-state index in [4.69, 9.17) is 0 Å². The Labute approximate surface area is 173 Å². The third-order valence-electron chi connectivity index (χ3n) is 4.21. The van der Waals surface area contributed by atoms with E-state index in [-0.39, 0.29) is 41.5 Å². The van der Waals surface area contributed by atoms with Gasteiger partial charge in [0.05, 0.1) is 17.2 Å². The van der Waals surface area contributed by atoms with Crippen LogP contribution in [0.25, 0.3) is 0 Å². The van der Waals surface area contributed by atoms with Crippen molar-refractivity contribution in [1.29, 1.82) is 0 Å². The van der Waals surface area contributed by atoms with Gasteiger partial charge in [-0.25, -0.2) is 13.8 Å². The normalized spacial score (nSPS) is 19.0. The molecule has 4 nitrogen and oxygen atoms in total. The molecule has 1 heterocycles. The fourth-order valence-electron chi connectivity index (χ4n) is 2.93. The van der Waals surface area contributed by atoms with Gasteiger partial charge in [0.25, 0.3) is 0 Å². The third-order valence-corrected chi connectivity index (χ3v) is 5.03. The zero-order valence-corrected chi connectivity index (χ0v) is 18.1. The molecular weight excluding hydrogens is 469 g/mol. The molecule has 1 aromatic carbocycles. The number of nitrogens with one attached hydrogen (secondary N) is 1. The number of hydrogen-bond donors (Lipinski definition) is 1. The van der Waals surface area contributed by atoms with Gasteiger partial charge in [-0.05, 0) is 32.4 Å². The SMILES string of the molecule is CCN=C(NC1CC1c1c(F)cccc1F)N(C)Cc1csc(C)n1.I. The standard InChI is InChI=1S/C18H22F2N4S.HI/c1-4-21-18(24(3)9-12-10-25-11(2)22-12)23-16-8-13(16)17-14(19)6-5-7-15(17)20;/h5-7,10,13,16H,4,8-9H2,1-3H3,(H,21,23);1H. The largest absolute Gasteiger partial charge is 0.353 e. The summed E-state index contributed by atoms with van der Waals surface area (Å²) in [5, 5.41) is 6.40. The smallest absolute Gasteiger partial charge is 0.194 e. The first-order valence-electron chi connectivity index (χ1n) is 8.36. The molecule has 142 valence electrons. The average molecular weight is 492 g/mol. The van der Waals surface area contributed by atoms with Crippen LogP contribution in [0.3, 0.4) is 0 Å². The van der Waals surface area contributed by atoms with Crippen molar-refractivity contribution < 1.29 is 8.78 Å². The van der Waals surface area contributed by atoms with Gasteiger partial charge in [0.15, 0.2) is 5.96 Å². The van der Waals surface area contributed by atoms with E-state index >= 15 is 0 Å². The van der Waals surface area contributed by atoms with E-state index in [9.17, 15) is 8.78 Å². The second kappa shape index (κ2) is 9.07. The molecule has 0 aliphatic heterocycles. The first kappa shape index (κ1) is 21.0. The number of nitrogens with zero attached hydrogens (tertiary/aromatic N) is 3. The first-order chi connectivity index (χ1) is 12.0. The summed E-state index contributed by atoms with van der Waals surface area (Å²) in [6.07, 6.45) is 0.699. The summed E-state index contributed by atoms with van der Waals surface area (Å²) in [5.41, 5.74) is 1.16. The molecule has 1 saturated carbocycles. The van der Waals surface area contributed by atoms with Gasteiger partial charge in [0.1, 0.15) is 11.6 Å². The molecule has 1 aliphatic rings. The lowest BCUT2D eigenvalue weighted by Gasteiger charge is -2.22. The summed E-state index contributed by atoms with van der Waals surface area (Å²) >= 11 is 1.62. The van der Waals surface area contributed by atoms with Gasteiger partial charge < -0.3 is 10.2 Å². The van der Waals surface area contributed by atoms with Crippen LogP contribution in [0.4, 0.5) is 8.78 Å². The van der Waals surface area contributed by atoms with Crippen molar-refractivity contribution in [3.8, 4) is 0 Å².